The van der Waals surface area contributed by atoms with Crippen molar-refractivity contribution in [1.29, 1.82) is 0 Å². The summed E-state index contributed by atoms with van der Waals surface area (Å²) < 4.78 is 0. The molecule has 0 aliphatic heterocycles. The van der Waals surface area contributed by atoms with Gasteiger partial charge in [0.2, 0.25) is 0 Å². The average molecular weight is 246 g/mol. The topological polar surface area (TPSA) is 79.5 Å². The number of hydrogen-bond donors (Lipinski definition) is 3. The van der Waals surface area contributed by atoms with Crippen LogP contribution in [0.4, 0.5) is 10.5 Å². The van der Waals surface area contributed by atoms with E-state index in [2.05, 4.69) is 22.2 Å². The summed E-state index contributed by atoms with van der Waals surface area (Å²) in [6, 6.07) is 5.39. The first kappa shape index (κ1) is 13.8. The molecule has 5 nitrogen and oxygen atoms in total. The van der Waals surface area contributed by atoms with Crippen LogP contribution >= 0.6 is 0 Å². The second-order valence-corrected chi connectivity index (χ2v) is 3.86. The largest absolute Gasteiger partial charge is 0.370 e. The van der Waals surface area contributed by atoms with E-state index in [1.54, 1.807) is 6.08 Å². The first-order valence-electron chi connectivity index (χ1n) is 5.59. The van der Waals surface area contributed by atoms with Crippen molar-refractivity contribution in [2.45, 2.75) is 13.8 Å². The fourth-order valence-electron chi connectivity index (χ4n) is 1.48. The number of urea groups is 1. The number of rotatable bonds is 3. The second kappa shape index (κ2) is 6.44. The van der Waals surface area contributed by atoms with Crippen LogP contribution < -0.4 is 16.4 Å². The standard InChI is InChI=1S/C13H18N4O/c1-4-8-15-12(14)17-13(18)16-11-9(2)6-5-7-10(11)3/h4-7H,1,8H2,2-3H3,(H4,14,15,16,17,18). The minimum Gasteiger partial charge on any atom is -0.370 e. The predicted molar refractivity (Wildman–Crippen MR) is 74.8 cm³/mol. The van der Waals surface area contributed by atoms with Gasteiger partial charge in [0.25, 0.3) is 0 Å². The molecule has 0 spiro atoms. The van der Waals surface area contributed by atoms with Crippen molar-refractivity contribution >= 4 is 17.7 Å². The predicted octanol–water partition coefficient (Wildman–Crippen LogP) is 1.93. The van der Waals surface area contributed by atoms with E-state index < -0.39 is 6.03 Å². The highest BCUT2D eigenvalue weighted by atomic mass is 16.2. The maximum absolute atomic E-state index is 11.7. The smallest absolute Gasteiger partial charge is 0.326 e. The van der Waals surface area contributed by atoms with Gasteiger partial charge < -0.3 is 11.1 Å². The minimum atomic E-state index is -0.405. The number of para-hydroxylation sites is 1. The number of guanidine groups is 1. The molecule has 5 heteroatoms. The molecule has 1 aromatic carbocycles. The van der Waals surface area contributed by atoms with Crippen molar-refractivity contribution in [3.63, 3.8) is 0 Å². The van der Waals surface area contributed by atoms with Crippen LogP contribution in [-0.2, 0) is 0 Å². The molecule has 0 saturated carbocycles. The number of aryl methyl sites for hydroxylation is 2. The monoisotopic (exact) mass is 246 g/mol. The molecule has 0 aliphatic carbocycles. The summed E-state index contributed by atoms with van der Waals surface area (Å²) >= 11 is 0. The molecule has 0 radical (unpaired) electrons. The Morgan fingerprint density at radius 2 is 2.06 bits per heavy atom. The van der Waals surface area contributed by atoms with Crippen molar-refractivity contribution in [2.75, 3.05) is 11.9 Å². The normalized spacial score (nSPS) is 10.9. The van der Waals surface area contributed by atoms with E-state index in [0.717, 1.165) is 16.8 Å². The Hall–Kier alpha value is -2.30. The molecule has 0 aromatic heterocycles. The molecule has 0 aliphatic rings. The number of anilines is 1. The third-order valence-corrected chi connectivity index (χ3v) is 2.35. The van der Waals surface area contributed by atoms with Gasteiger partial charge in [0, 0.05) is 5.69 Å². The summed E-state index contributed by atoms with van der Waals surface area (Å²) in [5.74, 6) is 0.0682. The van der Waals surface area contributed by atoms with Gasteiger partial charge in [-0.2, -0.15) is 0 Å². The van der Waals surface area contributed by atoms with Gasteiger partial charge in [-0.3, -0.25) is 5.32 Å². The molecule has 96 valence electrons. The number of benzene rings is 1. The molecule has 2 amide bonds. The Morgan fingerprint density at radius 3 is 2.61 bits per heavy atom. The summed E-state index contributed by atoms with van der Waals surface area (Å²) in [6.45, 7) is 7.74. The minimum absolute atomic E-state index is 0.0682. The van der Waals surface area contributed by atoms with Gasteiger partial charge in [-0.25, -0.2) is 9.79 Å². The number of amides is 2. The van der Waals surface area contributed by atoms with Crippen LogP contribution in [0.15, 0.2) is 35.8 Å². The molecular formula is C13H18N4O. The van der Waals surface area contributed by atoms with Crippen molar-refractivity contribution in [1.82, 2.24) is 5.32 Å². The number of carbonyl (C=O) groups excluding carboxylic acids is 1. The van der Waals surface area contributed by atoms with Gasteiger partial charge >= 0.3 is 6.03 Å². The van der Waals surface area contributed by atoms with Crippen LogP contribution in [0.25, 0.3) is 0 Å². The lowest BCUT2D eigenvalue weighted by Crippen LogP contribution is -2.39. The van der Waals surface area contributed by atoms with Gasteiger partial charge in [0.05, 0.1) is 6.54 Å². The summed E-state index contributed by atoms with van der Waals surface area (Å²) in [5, 5.41) is 5.20. The van der Waals surface area contributed by atoms with E-state index in [-0.39, 0.29) is 5.96 Å². The molecule has 0 fully saturated rings. The highest BCUT2D eigenvalue weighted by Crippen LogP contribution is 2.18. The highest BCUT2D eigenvalue weighted by molar-refractivity contribution is 6.02. The molecule has 0 saturated heterocycles. The van der Waals surface area contributed by atoms with Crippen molar-refractivity contribution in [3.8, 4) is 0 Å². The first-order chi connectivity index (χ1) is 8.54. The van der Waals surface area contributed by atoms with Gasteiger partial charge in [0.1, 0.15) is 0 Å². The van der Waals surface area contributed by atoms with E-state index >= 15 is 0 Å². The van der Waals surface area contributed by atoms with Crippen LogP contribution in [0.3, 0.4) is 0 Å². The Kier molecular flexibility index (Phi) is 4.92. The number of carbonyl (C=O) groups is 1. The molecule has 0 atom stereocenters. The molecule has 0 heterocycles. The van der Waals surface area contributed by atoms with Crippen molar-refractivity contribution in [2.24, 2.45) is 10.7 Å². The number of hydrogen-bond acceptors (Lipinski definition) is 2. The Labute approximate surface area is 107 Å². The number of nitrogens with zero attached hydrogens (tertiary/aromatic N) is 1. The number of nitrogens with one attached hydrogen (secondary N) is 2. The van der Waals surface area contributed by atoms with Gasteiger partial charge in [-0.15, -0.1) is 6.58 Å². The quantitative estimate of drug-likeness (QED) is 0.433. The van der Waals surface area contributed by atoms with Crippen LogP contribution in [-0.4, -0.2) is 18.5 Å². The van der Waals surface area contributed by atoms with Gasteiger partial charge in [0.15, 0.2) is 5.96 Å². The lowest BCUT2D eigenvalue weighted by molar-refractivity contribution is 0.256. The Bertz CT molecular complexity index is 460. The molecule has 4 N–H and O–H groups in total. The zero-order valence-corrected chi connectivity index (χ0v) is 10.7. The summed E-state index contributed by atoms with van der Waals surface area (Å²) in [4.78, 5) is 15.6. The van der Waals surface area contributed by atoms with E-state index in [9.17, 15) is 4.79 Å². The highest BCUT2D eigenvalue weighted by Gasteiger charge is 2.07. The third-order valence-electron chi connectivity index (χ3n) is 2.35. The summed E-state index contributed by atoms with van der Waals surface area (Å²) in [7, 11) is 0. The molecule has 1 rings (SSSR count). The maximum atomic E-state index is 11.7. The zero-order valence-electron chi connectivity index (χ0n) is 10.7. The third kappa shape index (κ3) is 3.93. The Balaban J connectivity index is 2.68. The fourth-order valence-corrected chi connectivity index (χ4v) is 1.48. The number of aliphatic imine (C=N–C) groups is 1. The molecule has 18 heavy (non-hydrogen) atoms. The van der Waals surface area contributed by atoms with Crippen LogP contribution in [0.5, 0.6) is 0 Å². The summed E-state index contributed by atoms with van der Waals surface area (Å²) in [5.41, 5.74) is 8.29. The van der Waals surface area contributed by atoms with Gasteiger partial charge in [-0.1, -0.05) is 24.3 Å². The van der Waals surface area contributed by atoms with E-state index in [0.29, 0.717) is 6.54 Å². The number of nitrogens with two attached hydrogens (primary N) is 1. The zero-order chi connectivity index (χ0) is 13.5. The average Bonchev–Trinajstić information content (AvgIpc) is 2.31. The molecule has 0 bridgehead atoms. The van der Waals surface area contributed by atoms with E-state index in [1.807, 2.05) is 32.0 Å². The van der Waals surface area contributed by atoms with E-state index in [4.69, 9.17) is 5.73 Å². The molecular weight excluding hydrogens is 228 g/mol. The van der Waals surface area contributed by atoms with Crippen LogP contribution in [0.1, 0.15) is 11.1 Å². The van der Waals surface area contributed by atoms with Gasteiger partial charge in [-0.05, 0) is 25.0 Å². The van der Waals surface area contributed by atoms with Crippen molar-refractivity contribution < 1.29 is 4.79 Å². The molecule has 0 unspecified atom stereocenters. The van der Waals surface area contributed by atoms with Crippen molar-refractivity contribution in [3.05, 3.63) is 42.0 Å². The lowest BCUT2D eigenvalue weighted by atomic mass is 10.1. The first-order valence-corrected chi connectivity index (χ1v) is 5.59. The lowest BCUT2D eigenvalue weighted by Gasteiger charge is -2.11. The van der Waals surface area contributed by atoms with E-state index in [1.165, 1.54) is 0 Å². The maximum Gasteiger partial charge on any atom is 0.326 e. The second-order valence-electron chi connectivity index (χ2n) is 3.86. The van der Waals surface area contributed by atoms with Crippen LogP contribution in [0, 0.1) is 13.8 Å². The Morgan fingerprint density at radius 1 is 1.44 bits per heavy atom. The van der Waals surface area contributed by atoms with Crippen LogP contribution in [0.2, 0.25) is 0 Å². The SMILES string of the molecule is C=CCN=C(N)NC(=O)Nc1c(C)cccc1C. The summed E-state index contributed by atoms with van der Waals surface area (Å²) in [6.07, 6.45) is 1.60. The molecule has 1 aromatic rings. The fraction of sp³-hybridized carbons (Fsp3) is 0.231.